The molecule has 5 heteroatoms. The molecule has 0 aromatic carbocycles. The fraction of sp³-hybridized carbons (Fsp3) is 0.783. The first-order valence-corrected chi connectivity index (χ1v) is 13.9. The molecule has 28 heavy (non-hydrogen) atoms. The number of esters is 1. The SMILES string of the molecule is CCOC(=O)[C@H]1C2=C(CCC2)[C@@H]2C=CC[C@@H]2[C@]1(OCC)O[Si](C)(C)C(C)(C)C. The molecule has 0 aromatic heterocycles. The van der Waals surface area contributed by atoms with Gasteiger partial charge in [-0.2, -0.15) is 0 Å². The van der Waals surface area contributed by atoms with Crippen LogP contribution in [0.15, 0.2) is 23.3 Å². The largest absolute Gasteiger partial charge is 0.465 e. The minimum Gasteiger partial charge on any atom is -0.465 e. The van der Waals surface area contributed by atoms with E-state index < -0.39 is 20.0 Å². The summed E-state index contributed by atoms with van der Waals surface area (Å²) in [5.41, 5.74) is 2.68. The van der Waals surface area contributed by atoms with Crippen molar-refractivity contribution in [3.05, 3.63) is 23.3 Å². The van der Waals surface area contributed by atoms with Crippen molar-refractivity contribution in [2.45, 2.75) is 84.2 Å². The molecule has 0 fully saturated rings. The Kier molecular flexibility index (Phi) is 6.01. The van der Waals surface area contributed by atoms with Gasteiger partial charge in [0.15, 0.2) is 14.1 Å². The topological polar surface area (TPSA) is 44.8 Å². The van der Waals surface area contributed by atoms with Crippen molar-refractivity contribution in [2.24, 2.45) is 17.8 Å². The maximum absolute atomic E-state index is 13.3. The molecule has 3 aliphatic carbocycles. The van der Waals surface area contributed by atoms with Gasteiger partial charge in [0.2, 0.25) is 0 Å². The molecule has 0 N–H and O–H groups in total. The molecule has 4 nitrogen and oxygen atoms in total. The van der Waals surface area contributed by atoms with Gasteiger partial charge >= 0.3 is 5.97 Å². The number of hydrogen-bond donors (Lipinski definition) is 0. The van der Waals surface area contributed by atoms with E-state index in [1.54, 1.807) is 0 Å². The highest BCUT2D eigenvalue weighted by molar-refractivity contribution is 6.74. The van der Waals surface area contributed by atoms with E-state index >= 15 is 0 Å². The van der Waals surface area contributed by atoms with Crippen LogP contribution < -0.4 is 0 Å². The van der Waals surface area contributed by atoms with Gasteiger partial charge in [-0.1, -0.05) is 44.1 Å². The minimum atomic E-state index is -2.20. The quantitative estimate of drug-likeness (QED) is 0.249. The van der Waals surface area contributed by atoms with Crippen LogP contribution >= 0.6 is 0 Å². The number of hydrogen-bond acceptors (Lipinski definition) is 4. The van der Waals surface area contributed by atoms with Crippen molar-refractivity contribution in [1.82, 2.24) is 0 Å². The molecule has 0 heterocycles. The molecular formula is C23H38O4Si. The van der Waals surface area contributed by atoms with Crippen LogP contribution in [0.1, 0.15) is 60.3 Å². The summed E-state index contributed by atoms with van der Waals surface area (Å²) in [7, 11) is -2.20. The smallest absolute Gasteiger partial charge is 0.318 e. The third-order valence-corrected chi connectivity index (χ3v) is 11.7. The predicted octanol–water partition coefficient (Wildman–Crippen LogP) is 5.61. The van der Waals surface area contributed by atoms with E-state index in [-0.39, 0.29) is 16.9 Å². The summed E-state index contributed by atoms with van der Waals surface area (Å²) in [5, 5.41) is 0.0299. The molecule has 0 aliphatic heterocycles. The van der Waals surface area contributed by atoms with Gasteiger partial charge in [-0.3, -0.25) is 4.79 Å². The molecule has 0 saturated heterocycles. The van der Waals surface area contributed by atoms with Crippen molar-refractivity contribution in [2.75, 3.05) is 13.2 Å². The molecule has 0 unspecified atom stereocenters. The zero-order valence-corrected chi connectivity index (χ0v) is 19.8. The van der Waals surface area contributed by atoms with E-state index in [0.717, 1.165) is 25.7 Å². The Balaban J connectivity index is 2.16. The maximum Gasteiger partial charge on any atom is 0.318 e. The van der Waals surface area contributed by atoms with Crippen LogP contribution in [0.25, 0.3) is 0 Å². The van der Waals surface area contributed by atoms with Crippen LogP contribution in [0, 0.1) is 17.8 Å². The number of carbonyl (C=O) groups is 1. The first-order valence-electron chi connectivity index (χ1n) is 11.0. The van der Waals surface area contributed by atoms with Crippen LogP contribution in [0.4, 0.5) is 0 Å². The summed E-state index contributed by atoms with van der Waals surface area (Å²) >= 11 is 0. The lowest BCUT2D eigenvalue weighted by atomic mass is 9.67. The lowest BCUT2D eigenvalue weighted by Crippen LogP contribution is -2.63. The molecule has 0 bridgehead atoms. The normalized spacial score (nSPS) is 32.5. The second kappa shape index (κ2) is 7.73. The standard InChI is InChI=1S/C23H38O4Si/c1-8-25-21(24)20-18-14-10-12-16(18)17-13-11-15-19(17)23(20,26-9-2)27-28(6,7)22(3,4)5/h11,13,17,19-20H,8-10,12,14-15H2,1-7H3/t17-,19-,20+,23-/m0/s1. The van der Waals surface area contributed by atoms with E-state index in [4.69, 9.17) is 13.9 Å². The monoisotopic (exact) mass is 406 g/mol. The molecule has 158 valence electrons. The number of ether oxygens (including phenoxy) is 2. The van der Waals surface area contributed by atoms with Gasteiger partial charge in [0.1, 0.15) is 5.92 Å². The molecule has 0 amide bonds. The van der Waals surface area contributed by atoms with Gasteiger partial charge in [-0.05, 0) is 57.7 Å². The zero-order valence-electron chi connectivity index (χ0n) is 18.8. The summed E-state index contributed by atoms with van der Waals surface area (Å²) in [4.78, 5) is 13.3. The second-order valence-electron chi connectivity index (χ2n) is 9.90. The molecular weight excluding hydrogens is 368 g/mol. The number of allylic oxidation sites excluding steroid dienone is 3. The van der Waals surface area contributed by atoms with Crippen molar-refractivity contribution in [3.8, 4) is 0 Å². The summed E-state index contributed by atoms with van der Waals surface area (Å²) in [6.07, 6.45) is 8.63. The van der Waals surface area contributed by atoms with Crippen molar-refractivity contribution < 1.29 is 18.7 Å². The Morgan fingerprint density at radius 1 is 1.18 bits per heavy atom. The average Bonchev–Trinajstić information content (AvgIpc) is 3.22. The lowest BCUT2D eigenvalue weighted by Gasteiger charge is -2.54. The Bertz CT molecular complexity index is 673. The minimum absolute atomic E-state index is 0.0299. The van der Waals surface area contributed by atoms with Gasteiger partial charge in [0.05, 0.1) is 6.61 Å². The summed E-state index contributed by atoms with van der Waals surface area (Å²) in [5.74, 6) is -1.07. The zero-order chi connectivity index (χ0) is 20.7. The van der Waals surface area contributed by atoms with E-state index in [1.807, 2.05) is 13.8 Å². The molecule has 0 spiro atoms. The first-order chi connectivity index (χ1) is 13.1. The van der Waals surface area contributed by atoms with E-state index in [2.05, 4.69) is 46.0 Å². The van der Waals surface area contributed by atoms with Crippen LogP contribution in [-0.2, 0) is 18.7 Å². The summed E-state index contributed by atoms with van der Waals surface area (Å²) in [6.45, 7) is 16.0. The highest BCUT2D eigenvalue weighted by atomic mass is 28.4. The molecule has 0 aromatic rings. The van der Waals surface area contributed by atoms with E-state index in [9.17, 15) is 4.79 Å². The summed E-state index contributed by atoms with van der Waals surface area (Å²) in [6, 6.07) is 0. The first kappa shape index (κ1) is 21.8. The third kappa shape index (κ3) is 3.44. The Hall–Kier alpha value is -0.913. The van der Waals surface area contributed by atoms with Crippen molar-refractivity contribution >= 4 is 14.3 Å². The number of carbonyl (C=O) groups excluding carboxylic acids is 1. The highest BCUT2D eigenvalue weighted by Crippen LogP contribution is 2.58. The maximum atomic E-state index is 13.3. The van der Waals surface area contributed by atoms with E-state index in [1.165, 1.54) is 11.1 Å². The van der Waals surface area contributed by atoms with Gasteiger partial charge in [0, 0.05) is 18.4 Å². The molecule has 0 radical (unpaired) electrons. The lowest BCUT2D eigenvalue weighted by molar-refractivity contribution is -0.257. The second-order valence-corrected chi connectivity index (χ2v) is 14.6. The fourth-order valence-electron chi connectivity index (χ4n) is 5.05. The van der Waals surface area contributed by atoms with Gasteiger partial charge in [-0.25, -0.2) is 0 Å². The Morgan fingerprint density at radius 3 is 2.46 bits per heavy atom. The van der Waals surface area contributed by atoms with Crippen LogP contribution in [-0.4, -0.2) is 33.3 Å². The van der Waals surface area contributed by atoms with Crippen LogP contribution in [0.5, 0.6) is 0 Å². The summed E-state index contributed by atoms with van der Waals surface area (Å²) < 4.78 is 19.3. The van der Waals surface area contributed by atoms with Gasteiger partial charge < -0.3 is 13.9 Å². The van der Waals surface area contributed by atoms with Gasteiger partial charge in [0.25, 0.3) is 0 Å². The number of fused-ring (bicyclic) bond motifs is 2. The fourth-order valence-corrected chi connectivity index (χ4v) is 6.48. The molecule has 0 saturated carbocycles. The average molecular weight is 407 g/mol. The predicted molar refractivity (Wildman–Crippen MR) is 114 cm³/mol. The van der Waals surface area contributed by atoms with Crippen molar-refractivity contribution in [3.63, 3.8) is 0 Å². The Morgan fingerprint density at radius 2 is 1.86 bits per heavy atom. The Labute approximate surface area is 171 Å². The molecule has 4 atom stereocenters. The molecule has 3 rings (SSSR count). The van der Waals surface area contributed by atoms with Crippen LogP contribution in [0.3, 0.4) is 0 Å². The van der Waals surface area contributed by atoms with Gasteiger partial charge in [-0.15, -0.1) is 0 Å². The van der Waals surface area contributed by atoms with E-state index in [0.29, 0.717) is 19.1 Å². The number of rotatable bonds is 6. The third-order valence-electron chi connectivity index (χ3n) is 7.25. The van der Waals surface area contributed by atoms with Crippen LogP contribution in [0.2, 0.25) is 18.1 Å². The highest BCUT2D eigenvalue weighted by Gasteiger charge is 2.62. The molecule has 3 aliphatic rings. The van der Waals surface area contributed by atoms with Crippen molar-refractivity contribution in [1.29, 1.82) is 0 Å².